The van der Waals surface area contributed by atoms with Crippen molar-refractivity contribution in [1.29, 1.82) is 0 Å². The van der Waals surface area contributed by atoms with Crippen molar-refractivity contribution >= 4 is 25.6 Å². The van der Waals surface area contributed by atoms with Crippen molar-refractivity contribution in [2.75, 3.05) is 0 Å². The van der Waals surface area contributed by atoms with E-state index in [2.05, 4.69) is 10.4 Å². The maximum atomic E-state index is 11.6. The fraction of sp³-hybridized carbons (Fsp3) is 0.636. The summed E-state index contributed by atoms with van der Waals surface area (Å²) in [5, 5.41) is 6.99. The van der Waals surface area contributed by atoms with Crippen LogP contribution in [0.25, 0.3) is 0 Å². The van der Waals surface area contributed by atoms with E-state index >= 15 is 0 Å². The molecule has 106 valence electrons. The molecule has 2 rings (SSSR count). The molecule has 1 aliphatic rings. The molecule has 6 nitrogen and oxygen atoms in total. The Labute approximate surface area is 116 Å². The lowest BCUT2D eigenvalue weighted by molar-refractivity contribution is -0.121. The van der Waals surface area contributed by atoms with E-state index in [1.54, 1.807) is 13.8 Å². The number of nitrogens with one attached hydrogen (secondary N) is 1. The summed E-state index contributed by atoms with van der Waals surface area (Å²) in [5.74, 6) is -0.0367. The van der Waals surface area contributed by atoms with Gasteiger partial charge in [0.25, 0.3) is 9.05 Å². The third-order valence-corrected chi connectivity index (χ3v) is 4.59. The van der Waals surface area contributed by atoms with Crippen LogP contribution in [-0.4, -0.2) is 30.1 Å². The Hall–Kier alpha value is -1.08. The molecule has 19 heavy (non-hydrogen) atoms. The largest absolute Gasteiger partial charge is 0.353 e. The van der Waals surface area contributed by atoms with E-state index in [4.69, 9.17) is 10.7 Å². The number of hydrogen-bond donors (Lipinski definition) is 1. The van der Waals surface area contributed by atoms with Crippen molar-refractivity contribution in [1.82, 2.24) is 15.1 Å². The van der Waals surface area contributed by atoms with E-state index < -0.39 is 9.05 Å². The van der Waals surface area contributed by atoms with E-state index in [-0.39, 0.29) is 17.2 Å². The van der Waals surface area contributed by atoms with Crippen LogP contribution in [0.4, 0.5) is 0 Å². The molecule has 0 spiro atoms. The third-order valence-electron chi connectivity index (χ3n) is 3.05. The summed E-state index contributed by atoms with van der Waals surface area (Å²) in [6.45, 7) is 3.56. The van der Waals surface area contributed by atoms with Crippen molar-refractivity contribution in [3.63, 3.8) is 0 Å². The SMILES string of the molecule is Cc1nn(CCC(=O)NC2CC2)c(C)c1S(=O)(=O)Cl. The Morgan fingerprint density at radius 1 is 1.47 bits per heavy atom. The van der Waals surface area contributed by atoms with Gasteiger partial charge in [0.05, 0.1) is 17.9 Å². The van der Waals surface area contributed by atoms with E-state index in [9.17, 15) is 13.2 Å². The summed E-state index contributed by atoms with van der Waals surface area (Å²) in [7, 11) is 1.56. The number of aromatic nitrogens is 2. The van der Waals surface area contributed by atoms with E-state index in [1.165, 1.54) is 4.68 Å². The molecule has 0 aromatic carbocycles. The summed E-state index contributed by atoms with van der Waals surface area (Å²) in [6, 6.07) is 0.326. The fourth-order valence-electron chi connectivity index (χ4n) is 1.99. The van der Waals surface area contributed by atoms with Crippen LogP contribution in [-0.2, 0) is 20.4 Å². The molecule has 8 heteroatoms. The van der Waals surface area contributed by atoms with Gasteiger partial charge in [0, 0.05) is 23.1 Å². The molecule has 1 fully saturated rings. The molecule has 0 saturated heterocycles. The predicted molar refractivity (Wildman–Crippen MR) is 70.5 cm³/mol. The molecule has 1 N–H and O–H groups in total. The summed E-state index contributed by atoms with van der Waals surface area (Å²) in [4.78, 5) is 11.6. The van der Waals surface area contributed by atoms with Gasteiger partial charge in [-0.1, -0.05) is 0 Å². The second-order valence-electron chi connectivity index (χ2n) is 4.75. The summed E-state index contributed by atoms with van der Waals surface area (Å²) >= 11 is 0. The maximum Gasteiger partial charge on any atom is 0.264 e. The molecule has 0 unspecified atom stereocenters. The molecule has 1 amide bonds. The number of carbonyl (C=O) groups excluding carboxylic acids is 1. The predicted octanol–water partition coefficient (Wildman–Crippen LogP) is 1.10. The van der Waals surface area contributed by atoms with Gasteiger partial charge in [-0.15, -0.1) is 0 Å². The van der Waals surface area contributed by atoms with Gasteiger partial charge in [0.1, 0.15) is 4.90 Å². The normalized spacial score (nSPS) is 15.5. The van der Waals surface area contributed by atoms with Crippen LogP contribution in [0.1, 0.15) is 30.7 Å². The quantitative estimate of drug-likeness (QED) is 0.826. The van der Waals surface area contributed by atoms with Crippen molar-refractivity contribution in [2.45, 2.75) is 50.6 Å². The van der Waals surface area contributed by atoms with Crippen molar-refractivity contribution in [3.8, 4) is 0 Å². The molecule has 0 bridgehead atoms. The van der Waals surface area contributed by atoms with E-state index in [0.29, 0.717) is 24.0 Å². The van der Waals surface area contributed by atoms with Gasteiger partial charge >= 0.3 is 0 Å². The first-order chi connectivity index (χ1) is 8.79. The lowest BCUT2D eigenvalue weighted by Crippen LogP contribution is -2.26. The van der Waals surface area contributed by atoms with Crippen LogP contribution < -0.4 is 5.32 Å². The van der Waals surface area contributed by atoms with Crippen LogP contribution in [0.15, 0.2) is 4.90 Å². The first kappa shape index (κ1) is 14.3. The molecular formula is C11H16ClN3O3S. The van der Waals surface area contributed by atoms with Crippen molar-refractivity contribution in [2.24, 2.45) is 0 Å². The van der Waals surface area contributed by atoms with Gasteiger partial charge in [-0.3, -0.25) is 9.48 Å². The Balaban J connectivity index is 2.06. The number of halogens is 1. The number of aryl methyl sites for hydroxylation is 2. The number of hydrogen-bond acceptors (Lipinski definition) is 4. The van der Waals surface area contributed by atoms with Crippen LogP contribution in [0.3, 0.4) is 0 Å². The van der Waals surface area contributed by atoms with Crippen LogP contribution >= 0.6 is 10.7 Å². The molecular weight excluding hydrogens is 290 g/mol. The fourth-order valence-corrected chi connectivity index (χ4v) is 3.51. The highest BCUT2D eigenvalue weighted by molar-refractivity contribution is 8.13. The van der Waals surface area contributed by atoms with Crippen LogP contribution in [0.5, 0.6) is 0 Å². The molecule has 1 aromatic heterocycles. The summed E-state index contributed by atoms with van der Waals surface area (Å²) in [5.41, 5.74) is 0.821. The smallest absolute Gasteiger partial charge is 0.264 e. The maximum absolute atomic E-state index is 11.6. The minimum absolute atomic E-state index is 0.0367. The number of carbonyl (C=O) groups is 1. The molecule has 1 aliphatic carbocycles. The molecule has 0 atom stereocenters. The van der Waals surface area contributed by atoms with Gasteiger partial charge in [0.2, 0.25) is 5.91 Å². The van der Waals surface area contributed by atoms with Crippen molar-refractivity contribution < 1.29 is 13.2 Å². The topological polar surface area (TPSA) is 81.1 Å². The van der Waals surface area contributed by atoms with Crippen LogP contribution in [0.2, 0.25) is 0 Å². The van der Waals surface area contributed by atoms with Gasteiger partial charge in [-0.2, -0.15) is 5.10 Å². The Kier molecular flexibility index (Phi) is 3.87. The van der Waals surface area contributed by atoms with Gasteiger partial charge in [-0.05, 0) is 26.7 Å². The summed E-state index contributed by atoms with van der Waals surface area (Å²) < 4.78 is 24.3. The van der Waals surface area contributed by atoms with Gasteiger partial charge in [0.15, 0.2) is 0 Å². The third kappa shape index (κ3) is 3.48. The lowest BCUT2D eigenvalue weighted by Gasteiger charge is -2.05. The second-order valence-corrected chi connectivity index (χ2v) is 7.26. The minimum Gasteiger partial charge on any atom is -0.353 e. The first-order valence-corrected chi connectivity index (χ1v) is 8.38. The highest BCUT2D eigenvalue weighted by Gasteiger charge is 2.24. The second kappa shape index (κ2) is 5.13. The van der Waals surface area contributed by atoms with Crippen molar-refractivity contribution in [3.05, 3.63) is 11.4 Å². The number of nitrogens with zero attached hydrogens (tertiary/aromatic N) is 2. The van der Waals surface area contributed by atoms with Gasteiger partial charge < -0.3 is 5.32 Å². The molecule has 0 aliphatic heterocycles. The van der Waals surface area contributed by atoms with Crippen LogP contribution in [0, 0.1) is 13.8 Å². The zero-order valence-electron chi connectivity index (χ0n) is 10.8. The highest BCUT2D eigenvalue weighted by atomic mass is 35.7. The first-order valence-electron chi connectivity index (χ1n) is 6.07. The Bertz CT molecular complexity index is 605. The minimum atomic E-state index is -3.80. The Morgan fingerprint density at radius 2 is 2.11 bits per heavy atom. The Morgan fingerprint density at radius 3 is 2.58 bits per heavy atom. The number of rotatable bonds is 5. The monoisotopic (exact) mass is 305 g/mol. The zero-order chi connectivity index (χ0) is 14.2. The molecule has 1 aromatic rings. The van der Waals surface area contributed by atoms with E-state index in [0.717, 1.165) is 12.8 Å². The lowest BCUT2D eigenvalue weighted by atomic mass is 10.3. The molecule has 1 heterocycles. The highest BCUT2D eigenvalue weighted by Crippen LogP contribution is 2.23. The van der Waals surface area contributed by atoms with Gasteiger partial charge in [-0.25, -0.2) is 8.42 Å². The number of amides is 1. The average molecular weight is 306 g/mol. The standard InChI is InChI=1S/C11H16ClN3O3S/c1-7-11(19(12,17)18)8(2)15(14-7)6-5-10(16)13-9-3-4-9/h9H,3-6H2,1-2H3,(H,13,16). The average Bonchev–Trinajstić information content (AvgIpc) is 3.00. The molecule has 1 saturated carbocycles. The zero-order valence-corrected chi connectivity index (χ0v) is 12.4. The summed E-state index contributed by atoms with van der Waals surface area (Å²) in [6.07, 6.45) is 2.36. The van der Waals surface area contributed by atoms with E-state index in [1.807, 2.05) is 0 Å². The molecule has 0 radical (unpaired) electrons.